The van der Waals surface area contributed by atoms with Gasteiger partial charge in [-0.05, 0) is 12.1 Å². The number of pyridine rings is 2. The van der Waals surface area contributed by atoms with Crippen LogP contribution in [0.5, 0.6) is 0 Å². The Balaban J connectivity index is 0.000000263. The molecule has 0 saturated carbocycles. The van der Waals surface area contributed by atoms with E-state index in [0.29, 0.717) is 10.4 Å². The van der Waals surface area contributed by atoms with E-state index >= 15 is 0 Å². The molecular formula is C22H14N6O2. The minimum absolute atomic E-state index is 0.00187. The molecule has 0 unspecified atom stereocenters. The first kappa shape index (κ1) is 22.9. The topological polar surface area (TPSA) is 161 Å². The Morgan fingerprint density at radius 3 is 1.07 bits per heavy atom. The average Bonchev–Trinajstić information content (AvgIpc) is 2.78. The SMILES string of the molecule is N#CC(C#N)=c1ccc(=C(C#N)C#N)cc1.O=c1cccc[nH]1.O=c1cccc[nH]1. The van der Waals surface area contributed by atoms with Gasteiger partial charge in [0.2, 0.25) is 11.1 Å². The van der Waals surface area contributed by atoms with Crippen LogP contribution in [0, 0.1) is 45.3 Å². The van der Waals surface area contributed by atoms with E-state index in [1.54, 1.807) is 60.9 Å². The smallest absolute Gasteiger partial charge is 0.247 e. The zero-order valence-electron chi connectivity index (χ0n) is 15.5. The number of H-pyrrole nitrogens is 2. The van der Waals surface area contributed by atoms with Gasteiger partial charge in [0.15, 0.2) is 0 Å². The molecule has 0 spiro atoms. The van der Waals surface area contributed by atoms with E-state index in [-0.39, 0.29) is 22.3 Å². The van der Waals surface area contributed by atoms with Crippen molar-refractivity contribution in [3.05, 3.63) is 104 Å². The van der Waals surface area contributed by atoms with Crippen LogP contribution in [0.3, 0.4) is 0 Å². The third kappa shape index (κ3) is 8.01. The average molecular weight is 394 g/mol. The monoisotopic (exact) mass is 394 g/mol. The molecule has 0 aliphatic heterocycles. The summed E-state index contributed by atoms with van der Waals surface area (Å²) in [4.78, 5) is 25.4. The maximum absolute atomic E-state index is 10.2. The van der Waals surface area contributed by atoms with Gasteiger partial charge in [0.05, 0.1) is 0 Å². The van der Waals surface area contributed by atoms with Crippen LogP contribution < -0.4 is 21.6 Å². The van der Waals surface area contributed by atoms with Crippen molar-refractivity contribution >= 4 is 11.1 Å². The quantitative estimate of drug-likeness (QED) is 0.574. The molecule has 2 aromatic heterocycles. The summed E-state index contributed by atoms with van der Waals surface area (Å²) in [6.07, 6.45) is 3.20. The van der Waals surface area contributed by atoms with Gasteiger partial charge in [0.25, 0.3) is 0 Å². The highest BCUT2D eigenvalue weighted by molar-refractivity contribution is 5.74. The van der Waals surface area contributed by atoms with E-state index in [9.17, 15) is 9.59 Å². The summed E-state index contributed by atoms with van der Waals surface area (Å²) in [5.74, 6) is 0. The Morgan fingerprint density at radius 2 is 0.900 bits per heavy atom. The Bertz CT molecular complexity index is 1190. The molecule has 30 heavy (non-hydrogen) atoms. The third-order valence-electron chi connectivity index (χ3n) is 3.27. The maximum Gasteiger partial charge on any atom is 0.247 e. The number of nitrogens with zero attached hydrogens (tertiary/aromatic N) is 4. The van der Waals surface area contributed by atoms with Gasteiger partial charge in [0, 0.05) is 35.0 Å². The molecule has 0 bridgehead atoms. The predicted octanol–water partition coefficient (Wildman–Crippen LogP) is 0.832. The van der Waals surface area contributed by atoms with E-state index < -0.39 is 0 Å². The van der Waals surface area contributed by atoms with Gasteiger partial charge in [-0.2, -0.15) is 21.0 Å². The molecular weight excluding hydrogens is 380 g/mol. The Labute approximate surface area is 171 Å². The van der Waals surface area contributed by atoms with Crippen LogP contribution in [0.15, 0.2) is 82.6 Å². The van der Waals surface area contributed by atoms with Gasteiger partial charge in [-0.15, -0.1) is 0 Å². The van der Waals surface area contributed by atoms with Crippen LogP contribution in [0.25, 0.3) is 11.1 Å². The predicted molar refractivity (Wildman–Crippen MR) is 109 cm³/mol. The molecule has 0 atom stereocenters. The van der Waals surface area contributed by atoms with Gasteiger partial charge in [-0.1, -0.05) is 36.4 Å². The van der Waals surface area contributed by atoms with Crippen molar-refractivity contribution in [2.24, 2.45) is 0 Å². The highest BCUT2D eigenvalue weighted by Crippen LogP contribution is 1.88. The summed E-state index contributed by atoms with van der Waals surface area (Å²) >= 11 is 0. The Hall–Kier alpha value is -5.18. The molecule has 0 fully saturated rings. The summed E-state index contributed by atoms with van der Waals surface area (Å²) in [5, 5.41) is 35.5. The summed E-state index contributed by atoms with van der Waals surface area (Å²) in [6.45, 7) is 0. The van der Waals surface area contributed by atoms with Crippen molar-refractivity contribution < 1.29 is 0 Å². The molecule has 0 saturated heterocycles. The van der Waals surface area contributed by atoms with Crippen molar-refractivity contribution in [2.75, 3.05) is 0 Å². The van der Waals surface area contributed by atoms with E-state index in [4.69, 9.17) is 21.0 Å². The first-order valence-corrected chi connectivity index (χ1v) is 8.28. The van der Waals surface area contributed by atoms with E-state index in [0.717, 1.165) is 0 Å². The lowest BCUT2D eigenvalue weighted by Crippen LogP contribution is -2.11. The molecule has 0 aliphatic carbocycles. The van der Waals surface area contributed by atoms with Gasteiger partial charge in [0.1, 0.15) is 35.4 Å². The van der Waals surface area contributed by atoms with Gasteiger partial charge in [-0.25, -0.2) is 0 Å². The minimum Gasteiger partial charge on any atom is -0.329 e. The first-order valence-electron chi connectivity index (χ1n) is 8.28. The number of nitrogens with one attached hydrogen (secondary N) is 2. The minimum atomic E-state index is -0.0532. The highest BCUT2D eigenvalue weighted by Gasteiger charge is 1.95. The van der Waals surface area contributed by atoms with Crippen LogP contribution >= 0.6 is 0 Å². The van der Waals surface area contributed by atoms with Crippen LogP contribution in [-0.4, -0.2) is 9.97 Å². The molecule has 0 radical (unpaired) electrons. The second-order valence-corrected chi connectivity index (χ2v) is 5.23. The molecule has 8 heteroatoms. The van der Waals surface area contributed by atoms with E-state index in [1.165, 1.54) is 36.4 Å². The fraction of sp³-hybridized carbons (Fsp3) is 0. The van der Waals surface area contributed by atoms with Crippen molar-refractivity contribution in [1.82, 2.24) is 9.97 Å². The standard InChI is InChI=1S/C12H4N4.2C5H5NO/c13-5-11(6-14)9-1-2-10(4-3-9)12(7-15)8-16;2*7-5-3-1-2-4-6-5/h1-4H;2*1-4H,(H,6,7). The summed E-state index contributed by atoms with van der Waals surface area (Å²) in [6, 6.07) is 23.0. The molecule has 2 heterocycles. The maximum atomic E-state index is 10.2. The van der Waals surface area contributed by atoms with Crippen molar-refractivity contribution in [3.8, 4) is 24.3 Å². The lowest BCUT2D eigenvalue weighted by atomic mass is 10.1. The third-order valence-corrected chi connectivity index (χ3v) is 3.27. The first-order chi connectivity index (χ1) is 14.5. The molecule has 3 rings (SSSR count). The fourth-order valence-electron chi connectivity index (χ4n) is 1.87. The van der Waals surface area contributed by atoms with Crippen LogP contribution in [0.2, 0.25) is 0 Å². The Kier molecular flexibility index (Phi) is 9.95. The largest absolute Gasteiger partial charge is 0.329 e. The molecule has 0 amide bonds. The molecule has 2 N–H and O–H groups in total. The highest BCUT2D eigenvalue weighted by atomic mass is 16.1. The van der Waals surface area contributed by atoms with Gasteiger partial charge in [-0.3, -0.25) is 9.59 Å². The lowest BCUT2D eigenvalue weighted by molar-refractivity contribution is 1.24. The second kappa shape index (κ2) is 13.1. The van der Waals surface area contributed by atoms with Crippen LogP contribution in [-0.2, 0) is 0 Å². The number of hydrogen-bond acceptors (Lipinski definition) is 6. The lowest BCUT2D eigenvalue weighted by Gasteiger charge is -1.88. The van der Waals surface area contributed by atoms with E-state index in [1.807, 2.05) is 0 Å². The van der Waals surface area contributed by atoms with Gasteiger partial charge >= 0.3 is 0 Å². The summed E-state index contributed by atoms with van der Waals surface area (Å²) in [7, 11) is 0. The van der Waals surface area contributed by atoms with Crippen LogP contribution in [0.1, 0.15) is 0 Å². The number of hydrogen-bond donors (Lipinski definition) is 2. The number of aromatic nitrogens is 2. The molecule has 0 aliphatic rings. The normalized spacial score (nSPS) is 8.13. The number of nitriles is 4. The molecule has 144 valence electrons. The van der Waals surface area contributed by atoms with Crippen molar-refractivity contribution in [1.29, 1.82) is 21.0 Å². The second-order valence-electron chi connectivity index (χ2n) is 5.23. The number of rotatable bonds is 0. The zero-order valence-corrected chi connectivity index (χ0v) is 15.5. The van der Waals surface area contributed by atoms with Crippen molar-refractivity contribution in [3.63, 3.8) is 0 Å². The number of benzene rings is 1. The van der Waals surface area contributed by atoms with Crippen molar-refractivity contribution in [2.45, 2.75) is 0 Å². The zero-order chi connectivity index (χ0) is 22.2. The van der Waals surface area contributed by atoms with Crippen LogP contribution in [0.4, 0.5) is 0 Å². The Morgan fingerprint density at radius 1 is 0.567 bits per heavy atom. The van der Waals surface area contributed by atoms with E-state index in [2.05, 4.69) is 9.97 Å². The summed E-state index contributed by atoms with van der Waals surface area (Å²) in [5.41, 5.74) is -0.103. The molecule has 1 aromatic carbocycles. The summed E-state index contributed by atoms with van der Waals surface area (Å²) < 4.78 is 0. The molecule has 8 nitrogen and oxygen atoms in total. The van der Waals surface area contributed by atoms with Gasteiger partial charge < -0.3 is 9.97 Å². The fourth-order valence-corrected chi connectivity index (χ4v) is 1.87. The number of aromatic amines is 2. The molecule has 3 aromatic rings.